The normalized spacial score (nSPS) is 12.0. The van der Waals surface area contributed by atoms with Crippen LogP contribution in [0.4, 0.5) is 0 Å². The summed E-state index contributed by atoms with van der Waals surface area (Å²) in [5.41, 5.74) is 0.856. The van der Waals surface area contributed by atoms with E-state index in [9.17, 15) is 4.79 Å². The van der Waals surface area contributed by atoms with Gasteiger partial charge in [-0.3, -0.25) is 0 Å². The van der Waals surface area contributed by atoms with Crippen LogP contribution in [0, 0.1) is 0 Å². The van der Waals surface area contributed by atoms with Crippen molar-refractivity contribution >= 4 is 35.5 Å². The molecule has 0 amide bonds. The Morgan fingerprint density at radius 2 is 2.17 bits per heavy atom. The number of rotatable bonds is 4. The van der Waals surface area contributed by atoms with E-state index in [0.29, 0.717) is 11.5 Å². The van der Waals surface area contributed by atoms with Gasteiger partial charge in [-0.15, -0.1) is 0 Å². The minimum absolute atomic E-state index is 0. The summed E-state index contributed by atoms with van der Waals surface area (Å²) in [5.74, 6) is 0.995. The molecule has 1 aliphatic rings. The first-order valence-electron chi connectivity index (χ1n) is 5.14. The van der Waals surface area contributed by atoms with Crippen LogP contribution in [0.3, 0.4) is 0 Å². The standard InChI is InChI=1S/C13H12O4.Na.H/c1-2-3-4-13(14)15-8-10-5-6-11-12(7-10)17-9-16-11;;/h2-7H,1,8-9H2;;. The van der Waals surface area contributed by atoms with Crippen molar-refractivity contribution in [2.24, 2.45) is 0 Å². The van der Waals surface area contributed by atoms with Gasteiger partial charge < -0.3 is 14.2 Å². The maximum absolute atomic E-state index is 11.2. The summed E-state index contributed by atoms with van der Waals surface area (Å²) in [6.45, 7) is 3.91. The van der Waals surface area contributed by atoms with Crippen LogP contribution in [-0.4, -0.2) is 42.3 Å². The van der Waals surface area contributed by atoms with E-state index in [1.807, 2.05) is 6.07 Å². The van der Waals surface area contributed by atoms with E-state index in [0.717, 1.165) is 5.56 Å². The van der Waals surface area contributed by atoms with Crippen molar-refractivity contribution in [2.75, 3.05) is 6.79 Å². The second-order valence-corrected chi connectivity index (χ2v) is 3.39. The van der Waals surface area contributed by atoms with Gasteiger partial charge in [0.25, 0.3) is 0 Å². The molecule has 0 atom stereocenters. The van der Waals surface area contributed by atoms with Gasteiger partial charge in [-0.1, -0.05) is 24.8 Å². The molecule has 90 valence electrons. The van der Waals surface area contributed by atoms with E-state index in [4.69, 9.17) is 14.2 Å². The topological polar surface area (TPSA) is 44.8 Å². The summed E-state index contributed by atoms with van der Waals surface area (Å²) < 4.78 is 15.4. The summed E-state index contributed by atoms with van der Waals surface area (Å²) in [7, 11) is 0. The van der Waals surface area contributed by atoms with Gasteiger partial charge in [0.1, 0.15) is 6.61 Å². The number of fused-ring (bicyclic) bond motifs is 1. The molecule has 4 nitrogen and oxygen atoms in total. The first-order chi connectivity index (χ1) is 8.29. The van der Waals surface area contributed by atoms with E-state index in [2.05, 4.69) is 6.58 Å². The molecule has 0 spiro atoms. The molecule has 1 heterocycles. The summed E-state index contributed by atoms with van der Waals surface area (Å²) in [4.78, 5) is 11.2. The molecule has 18 heavy (non-hydrogen) atoms. The zero-order chi connectivity index (χ0) is 12.1. The second-order valence-electron chi connectivity index (χ2n) is 3.39. The number of hydrogen-bond acceptors (Lipinski definition) is 4. The van der Waals surface area contributed by atoms with Crippen LogP contribution in [0.25, 0.3) is 0 Å². The quantitative estimate of drug-likeness (QED) is 0.355. The third-order valence-corrected chi connectivity index (χ3v) is 2.19. The first-order valence-corrected chi connectivity index (χ1v) is 5.14. The van der Waals surface area contributed by atoms with Gasteiger partial charge in [0.2, 0.25) is 6.79 Å². The zero-order valence-electron chi connectivity index (χ0n) is 9.22. The van der Waals surface area contributed by atoms with Gasteiger partial charge in [0, 0.05) is 6.08 Å². The van der Waals surface area contributed by atoms with Gasteiger partial charge in [-0.25, -0.2) is 4.79 Å². The molecular weight excluding hydrogens is 243 g/mol. The average Bonchev–Trinajstić information content (AvgIpc) is 2.81. The van der Waals surface area contributed by atoms with Crippen molar-refractivity contribution in [1.82, 2.24) is 0 Å². The van der Waals surface area contributed by atoms with Crippen LogP contribution in [-0.2, 0) is 16.1 Å². The second kappa shape index (κ2) is 7.26. The molecule has 0 radical (unpaired) electrons. The number of allylic oxidation sites excluding steroid dienone is 2. The Kier molecular flexibility index (Phi) is 5.98. The molecule has 1 aliphatic heterocycles. The minimum atomic E-state index is -0.400. The molecule has 2 rings (SSSR count). The monoisotopic (exact) mass is 256 g/mol. The average molecular weight is 256 g/mol. The van der Waals surface area contributed by atoms with E-state index >= 15 is 0 Å². The summed E-state index contributed by atoms with van der Waals surface area (Å²) >= 11 is 0. The fraction of sp³-hybridized carbons (Fsp3) is 0.154. The third kappa shape index (κ3) is 3.91. The number of benzene rings is 1. The molecule has 0 unspecified atom stereocenters. The molecule has 0 saturated carbocycles. The molecule has 0 aromatic heterocycles. The van der Waals surface area contributed by atoms with Crippen molar-refractivity contribution in [3.8, 4) is 11.5 Å². The Hall–Kier alpha value is -1.23. The zero-order valence-corrected chi connectivity index (χ0v) is 9.22. The van der Waals surface area contributed by atoms with Crippen LogP contribution in [0.2, 0.25) is 0 Å². The molecule has 0 aliphatic carbocycles. The molecule has 1 aromatic rings. The molecule has 1 aromatic carbocycles. The van der Waals surface area contributed by atoms with E-state index in [1.165, 1.54) is 18.2 Å². The Labute approximate surface area is 128 Å². The predicted octanol–water partition coefficient (Wildman–Crippen LogP) is 1.55. The molecular formula is C13H13NaO4. The molecule has 5 heteroatoms. The SMILES string of the molecule is C=CC=CC(=O)OCc1ccc2c(c1)OCO2.[NaH]. The van der Waals surface area contributed by atoms with E-state index < -0.39 is 5.97 Å². The number of carbonyl (C=O) groups excluding carboxylic acids is 1. The van der Waals surface area contributed by atoms with Crippen LogP contribution in [0.1, 0.15) is 5.56 Å². The van der Waals surface area contributed by atoms with Crippen molar-refractivity contribution in [2.45, 2.75) is 6.61 Å². The van der Waals surface area contributed by atoms with Gasteiger partial charge in [0.05, 0.1) is 0 Å². The Morgan fingerprint density at radius 1 is 1.39 bits per heavy atom. The summed E-state index contributed by atoms with van der Waals surface area (Å²) in [6, 6.07) is 5.43. The van der Waals surface area contributed by atoms with Crippen LogP contribution >= 0.6 is 0 Å². The number of carbonyl (C=O) groups is 1. The van der Waals surface area contributed by atoms with Crippen molar-refractivity contribution in [3.05, 3.63) is 48.6 Å². The van der Waals surface area contributed by atoms with Gasteiger partial charge in [-0.05, 0) is 17.7 Å². The van der Waals surface area contributed by atoms with Crippen molar-refractivity contribution < 1.29 is 19.0 Å². The van der Waals surface area contributed by atoms with E-state index in [1.54, 1.807) is 12.1 Å². The number of hydrogen-bond donors (Lipinski definition) is 0. The summed E-state index contributed by atoms with van der Waals surface area (Å²) in [6.07, 6.45) is 4.36. The molecule has 0 saturated heterocycles. The van der Waals surface area contributed by atoms with E-state index in [-0.39, 0.29) is 43.0 Å². The molecule has 0 bridgehead atoms. The van der Waals surface area contributed by atoms with Gasteiger partial charge in [0.15, 0.2) is 11.5 Å². The fourth-order valence-electron chi connectivity index (χ4n) is 1.38. The predicted molar refractivity (Wildman–Crippen MR) is 68.8 cm³/mol. The molecule has 0 N–H and O–H groups in total. The third-order valence-electron chi connectivity index (χ3n) is 2.19. The van der Waals surface area contributed by atoms with Crippen molar-refractivity contribution in [3.63, 3.8) is 0 Å². The first kappa shape index (κ1) is 14.8. The fourth-order valence-corrected chi connectivity index (χ4v) is 1.38. The van der Waals surface area contributed by atoms with Crippen LogP contribution in [0.5, 0.6) is 11.5 Å². The Morgan fingerprint density at radius 3 is 2.94 bits per heavy atom. The molecule has 0 fully saturated rings. The number of esters is 1. The Balaban J connectivity index is 0.00000162. The Bertz CT molecular complexity index is 468. The van der Waals surface area contributed by atoms with Gasteiger partial charge in [-0.2, -0.15) is 0 Å². The number of ether oxygens (including phenoxy) is 3. The summed E-state index contributed by atoms with van der Waals surface area (Å²) in [5, 5.41) is 0. The van der Waals surface area contributed by atoms with Crippen LogP contribution in [0.15, 0.2) is 43.0 Å². The maximum atomic E-state index is 11.2. The van der Waals surface area contributed by atoms with Gasteiger partial charge >= 0.3 is 35.5 Å². The van der Waals surface area contributed by atoms with Crippen molar-refractivity contribution in [1.29, 1.82) is 0 Å². The van der Waals surface area contributed by atoms with Crippen LogP contribution < -0.4 is 9.47 Å².